The van der Waals surface area contributed by atoms with Gasteiger partial charge >= 0.3 is 0 Å². The van der Waals surface area contributed by atoms with Crippen LogP contribution in [0, 0.1) is 18.8 Å². The number of amides is 1. The van der Waals surface area contributed by atoms with E-state index in [2.05, 4.69) is 22.4 Å². The Morgan fingerprint density at radius 2 is 2.20 bits per heavy atom. The first-order chi connectivity index (χ1) is 9.61. The van der Waals surface area contributed by atoms with Crippen LogP contribution in [0.1, 0.15) is 38.5 Å². The number of carbonyl (C=O) groups excluding carboxylic acids is 1. The highest BCUT2D eigenvalue weighted by molar-refractivity contribution is 5.96. The zero-order valence-electron chi connectivity index (χ0n) is 12.3. The fourth-order valence-electron chi connectivity index (χ4n) is 3.84. The Bertz CT molecular complexity index is 501. The first-order valence-electron chi connectivity index (χ1n) is 7.42. The molecule has 20 heavy (non-hydrogen) atoms. The molecular formula is C14H22N4O2. The molecule has 0 radical (unpaired) electrons. The summed E-state index contributed by atoms with van der Waals surface area (Å²) < 4.78 is 5.08. The standard InChI is InChI=1S/C14H22N4O2/c1-8-7-10-5-4-6-11(10)18(13(19)12(8)15-3)14-16-9(2)20-17-14/h8,10-12,15H,4-7H2,1-3H3. The number of nitrogens with zero attached hydrogens (tertiary/aromatic N) is 3. The van der Waals surface area contributed by atoms with Gasteiger partial charge in [0.25, 0.3) is 5.95 Å². The normalized spacial score (nSPS) is 34.1. The van der Waals surface area contributed by atoms with Crippen molar-refractivity contribution in [3.8, 4) is 0 Å². The summed E-state index contributed by atoms with van der Waals surface area (Å²) in [5.41, 5.74) is 0. The van der Waals surface area contributed by atoms with Gasteiger partial charge in [-0.25, -0.2) is 0 Å². The molecule has 1 amide bonds. The highest BCUT2D eigenvalue weighted by Crippen LogP contribution is 2.39. The van der Waals surface area contributed by atoms with Crippen LogP contribution in [0.3, 0.4) is 0 Å². The summed E-state index contributed by atoms with van der Waals surface area (Å²) in [7, 11) is 1.85. The van der Waals surface area contributed by atoms with Gasteiger partial charge in [-0.3, -0.25) is 9.69 Å². The van der Waals surface area contributed by atoms with Crippen molar-refractivity contribution in [2.45, 2.75) is 51.6 Å². The highest BCUT2D eigenvalue weighted by atomic mass is 16.5. The second-order valence-electron chi connectivity index (χ2n) is 6.06. The second kappa shape index (κ2) is 5.16. The first-order valence-corrected chi connectivity index (χ1v) is 7.42. The quantitative estimate of drug-likeness (QED) is 0.888. The molecule has 3 rings (SSSR count). The van der Waals surface area contributed by atoms with Crippen molar-refractivity contribution in [1.82, 2.24) is 15.5 Å². The zero-order valence-corrected chi connectivity index (χ0v) is 12.3. The molecule has 1 aliphatic heterocycles. The number of hydrogen-bond donors (Lipinski definition) is 1. The minimum Gasteiger partial charge on any atom is -0.338 e. The first kappa shape index (κ1) is 13.5. The van der Waals surface area contributed by atoms with Gasteiger partial charge in [0.1, 0.15) is 0 Å². The van der Waals surface area contributed by atoms with Gasteiger partial charge in [0, 0.05) is 13.0 Å². The molecule has 0 spiro atoms. The van der Waals surface area contributed by atoms with Crippen molar-refractivity contribution < 1.29 is 9.32 Å². The largest absolute Gasteiger partial charge is 0.338 e. The number of likely N-dealkylation sites (N-methyl/N-ethyl adjacent to an activating group) is 1. The van der Waals surface area contributed by atoms with E-state index in [4.69, 9.17) is 4.52 Å². The predicted octanol–water partition coefficient (Wildman–Crippen LogP) is 1.51. The van der Waals surface area contributed by atoms with E-state index in [0.29, 0.717) is 23.7 Å². The summed E-state index contributed by atoms with van der Waals surface area (Å²) in [6.45, 7) is 3.91. The van der Waals surface area contributed by atoms with Crippen LogP contribution < -0.4 is 10.2 Å². The Hall–Kier alpha value is -1.43. The number of hydrogen-bond acceptors (Lipinski definition) is 5. The van der Waals surface area contributed by atoms with E-state index in [-0.39, 0.29) is 18.0 Å². The van der Waals surface area contributed by atoms with Crippen LogP contribution in [0.2, 0.25) is 0 Å². The molecule has 0 aromatic carbocycles. The molecule has 1 N–H and O–H groups in total. The van der Waals surface area contributed by atoms with Crippen molar-refractivity contribution in [2.75, 3.05) is 11.9 Å². The number of carbonyl (C=O) groups is 1. The molecule has 2 fully saturated rings. The average Bonchev–Trinajstić information content (AvgIpc) is 2.99. The van der Waals surface area contributed by atoms with Gasteiger partial charge in [-0.05, 0) is 43.3 Å². The van der Waals surface area contributed by atoms with Crippen LogP contribution in [0.5, 0.6) is 0 Å². The lowest BCUT2D eigenvalue weighted by atomic mass is 9.90. The van der Waals surface area contributed by atoms with E-state index >= 15 is 0 Å². The smallest absolute Gasteiger partial charge is 0.273 e. The third kappa shape index (κ3) is 2.12. The molecule has 1 saturated carbocycles. The summed E-state index contributed by atoms with van der Waals surface area (Å²) in [5.74, 6) is 1.89. The molecule has 6 heteroatoms. The molecule has 1 aliphatic carbocycles. The maximum atomic E-state index is 12.9. The maximum Gasteiger partial charge on any atom is 0.273 e. The average molecular weight is 278 g/mol. The lowest BCUT2D eigenvalue weighted by molar-refractivity contribution is -0.121. The van der Waals surface area contributed by atoms with Gasteiger partial charge < -0.3 is 9.84 Å². The summed E-state index contributed by atoms with van der Waals surface area (Å²) >= 11 is 0. The second-order valence-corrected chi connectivity index (χ2v) is 6.06. The molecule has 0 bridgehead atoms. The molecule has 4 atom stereocenters. The third-order valence-corrected chi connectivity index (χ3v) is 4.74. The number of anilines is 1. The highest BCUT2D eigenvalue weighted by Gasteiger charge is 2.45. The summed E-state index contributed by atoms with van der Waals surface area (Å²) in [5, 5.41) is 7.14. The number of nitrogens with one attached hydrogen (secondary N) is 1. The van der Waals surface area contributed by atoms with Crippen LogP contribution in [0.15, 0.2) is 4.52 Å². The van der Waals surface area contributed by atoms with Crippen molar-refractivity contribution in [3.63, 3.8) is 0 Å². The van der Waals surface area contributed by atoms with Crippen LogP contribution >= 0.6 is 0 Å². The van der Waals surface area contributed by atoms with Gasteiger partial charge in [0.15, 0.2) is 0 Å². The van der Waals surface area contributed by atoms with Crippen molar-refractivity contribution in [2.24, 2.45) is 11.8 Å². The Balaban J connectivity index is 2.00. The number of rotatable bonds is 2. The van der Waals surface area contributed by atoms with Gasteiger partial charge in [-0.2, -0.15) is 4.98 Å². The molecule has 1 aromatic rings. The molecule has 4 unspecified atom stereocenters. The van der Waals surface area contributed by atoms with Crippen molar-refractivity contribution in [1.29, 1.82) is 0 Å². The molecule has 1 saturated heterocycles. The molecule has 6 nitrogen and oxygen atoms in total. The molecule has 2 heterocycles. The number of fused-ring (bicyclic) bond motifs is 1. The Morgan fingerprint density at radius 3 is 2.85 bits per heavy atom. The monoisotopic (exact) mass is 278 g/mol. The van der Waals surface area contributed by atoms with Crippen LogP contribution in [-0.4, -0.2) is 35.2 Å². The topological polar surface area (TPSA) is 71.3 Å². The lowest BCUT2D eigenvalue weighted by Crippen LogP contribution is -2.50. The van der Waals surface area contributed by atoms with E-state index in [1.54, 1.807) is 11.8 Å². The van der Waals surface area contributed by atoms with Gasteiger partial charge in [0.2, 0.25) is 11.8 Å². The minimum absolute atomic E-state index is 0.0789. The molecular weight excluding hydrogens is 256 g/mol. The van der Waals surface area contributed by atoms with E-state index in [1.165, 1.54) is 12.8 Å². The fourth-order valence-corrected chi connectivity index (χ4v) is 3.84. The maximum absolute atomic E-state index is 12.9. The van der Waals surface area contributed by atoms with E-state index in [0.717, 1.165) is 12.8 Å². The van der Waals surface area contributed by atoms with Crippen molar-refractivity contribution in [3.05, 3.63) is 5.89 Å². The summed E-state index contributed by atoms with van der Waals surface area (Å²) in [4.78, 5) is 19.0. The SMILES string of the molecule is CNC1C(=O)N(c2noc(C)n2)C2CCCC2CC1C. The van der Waals surface area contributed by atoms with E-state index in [1.807, 2.05) is 7.05 Å². The zero-order chi connectivity index (χ0) is 14.3. The Morgan fingerprint density at radius 1 is 1.40 bits per heavy atom. The number of aromatic nitrogens is 2. The van der Waals surface area contributed by atoms with Crippen LogP contribution in [0.4, 0.5) is 5.95 Å². The van der Waals surface area contributed by atoms with E-state index in [9.17, 15) is 4.79 Å². The molecule has 2 aliphatic rings. The fraction of sp³-hybridized carbons (Fsp3) is 0.786. The Labute approximate surface area is 118 Å². The summed E-state index contributed by atoms with van der Waals surface area (Å²) in [6, 6.07) is 0.0553. The molecule has 1 aromatic heterocycles. The molecule has 110 valence electrons. The lowest BCUT2D eigenvalue weighted by Gasteiger charge is -2.28. The number of aryl methyl sites for hydroxylation is 1. The third-order valence-electron chi connectivity index (χ3n) is 4.74. The predicted molar refractivity (Wildman–Crippen MR) is 74.3 cm³/mol. The summed E-state index contributed by atoms with van der Waals surface area (Å²) in [6.07, 6.45) is 4.47. The van der Waals surface area contributed by atoms with Crippen molar-refractivity contribution >= 4 is 11.9 Å². The van der Waals surface area contributed by atoms with Gasteiger partial charge in [-0.1, -0.05) is 13.3 Å². The van der Waals surface area contributed by atoms with Gasteiger partial charge in [-0.15, -0.1) is 0 Å². The van der Waals surface area contributed by atoms with Gasteiger partial charge in [0.05, 0.1) is 6.04 Å². The minimum atomic E-state index is -0.167. The van der Waals surface area contributed by atoms with E-state index < -0.39 is 0 Å². The Kier molecular flexibility index (Phi) is 3.50. The van der Waals surface area contributed by atoms with Crippen LogP contribution in [0.25, 0.3) is 0 Å². The van der Waals surface area contributed by atoms with Crippen LogP contribution in [-0.2, 0) is 4.79 Å².